The van der Waals surface area contributed by atoms with Crippen molar-refractivity contribution in [3.05, 3.63) is 60.2 Å². The van der Waals surface area contributed by atoms with Crippen LogP contribution in [-0.2, 0) is 10.4 Å². The van der Waals surface area contributed by atoms with Crippen LogP contribution in [0, 0.1) is 5.41 Å². The molecule has 2 heterocycles. The number of hydrogen-bond acceptors (Lipinski definition) is 3. The zero-order valence-corrected chi connectivity index (χ0v) is 14.5. The van der Waals surface area contributed by atoms with Gasteiger partial charge in [0.25, 0.3) is 0 Å². The number of hydroxylamine groups is 2. The summed E-state index contributed by atoms with van der Waals surface area (Å²) in [4.78, 5) is 6.86. The fraction of sp³-hybridized carbons (Fsp3) is 0.211. The van der Waals surface area contributed by atoms with Crippen LogP contribution < -0.4 is 5.32 Å². The molecule has 3 aromatic rings. The average Bonchev–Trinajstić information content (AvgIpc) is 3.03. The van der Waals surface area contributed by atoms with Crippen LogP contribution >= 0.6 is 11.3 Å². The molecule has 1 saturated heterocycles. The Balaban J connectivity index is 1.72. The molecule has 1 atom stereocenters. The van der Waals surface area contributed by atoms with Crippen LogP contribution in [0.4, 0.5) is 0 Å². The van der Waals surface area contributed by atoms with Crippen molar-refractivity contribution >= 4 is 27.4 Å². The van der Waals surface area contributed by atoms with E-state index in [1.165, 1.54) is 25.6 Å². The van der Waals surface area contributed by atoms with Gasteiger partial charge in [0.05, 0.1) is 5.54 Å². The van der Waals surface area contributed by atoms with Gasteiger partial charge in [-0.3, -0.25) is 10.2 Å². The maximum Gasteiger partial charge on any atom is 0.216 e. The lowest BCUT2D eigenvalue weighted by Gasteiger charge is -2.40. The Morgan fingerprint density at radius 2 is 2.00 bits per heavy atom. The second-order valence-corrected chi connectivity index (χ2v) is 7.39. The largest absolute Gasteiger partial charge is 0.343 e. The van der Waals surface area contributed by atoms with E-state index in [1.807, 2.05) is 0 Å². The summed E-state index contributed by atoms with van der Waals surface area (Å²) < 4.78 is 1.30. The first-order valence-electron chi connectivity index (χ1n) is 7.88. The van der Waals surface area contributed by atoms with E-state index in [1.54, 1.807) is 18.4 Å². The molecule has 122 valence electrons. The van der Waals surface area contributed by atoms with Crippen LogP contribution in [0.25, 0.3) is 20.5 Å². The fourth-order valence-corrected chi connectivity index (χ4v) is 4.02. The smallest absolute Gasteiger partial charge is 0.216 e. The van der Waals surface area contributed by atoms with Crippen LogP contribution in [-0.4, -0.2) is 24.7 Å². The standard InChI is InChI=1S/C19H19N3OS/c1-19(12-23-22(2)18(20)21-19)15-8-5-7-13(10-15)17-11-14-6-3-4-9-16(14)24-17/h3-11H,12H2,1-2H3,(H2,20,21). The first-order valence-corrected chi connectivity index (χ1v) is 8.70. The first-order chi connectivity index (χ1) is 11.5. The molecule has 0 spiro atoms. The second kappa shape index (κ2) is 5.61. The van der Waals surface area contributed by atoms with E-state index in [2.05, 4.69) is 66.8 Å². The van der Waals surface area contributed by atoms with Crippen LogP contribution in [0.2, 0.25) is 0 Å². The molecule has 1 unspecified atom stereocenters. The van der Waals surface area contributed by atoms with E-state index >= 15 is 0 Å². The number of guanidine groups is 1. The third kappa shape index (κ3) is 2.56. The second-order valence-electron chi connectivity index (χ2n) is 6.31. The molecule has 2 N–H and O–H groups in total. The molecule has 2 aromatic carbocycles. The molecule has 0 aliphatic carbocycles. The van der Waals surface area contributed by atoms with Crippen LogP contribution in [0.1, 0.15) is 12.5 Å². The molecule has 1 aromatic heterocycles. The highest BCUT2D eigenvalue weighted by Gasteiger charge is 2.34. The van der Waals surface area contributed by atoms with Gasteiger partial charge in [-0.25, -0.2) is 5.06 Å². The van der Waals surface area contributed by atoms with Crippen LogP contribution in [0.5, 0.6) is 0 Å². The molecule has 1 fully saturated rings. The van der Waals surface area contributed by atoms with Gasteiger partial charge in [0, 0.05) is 16.6 Å². The van der Waals surface area contributed by atoms with Crippen LogP contribution in [0.3, 0.4) is 0 Å². The van der Waals surface area contributed by atoms with Crippen molar-refractivity contribution in [1.82, 2.24) is 10.4 Å². The number of rotatable bonds is 2. The fourth-order valence-electron chi connectivity index (χ4n) is 2.96. The van der Waals surface area contributed by atoms with E-state index in [-0.39, 0.29) is 5.96 Å². The van der Waals surface area contributed by atoms with Gasteiger partial charge in [-0.1, -0.05) is 36.4 Å². The molecular formula is C19H19N3OS. The minimum absolute atomic E-state index is 0.274. The lowest BCUT2D eigenvalue weighted by atomic mass is 9.91. The quantitative estimate of drug-likeness (QED) is 0.737. The Labute approximate surface area is 145 Å². The lowest BCUT2D eigenvalue weighted by molar-refractivity contribution is -0.126. The first kappa shape index (κ1) is 15.2. The minimum atomic E-state index is -0.406. The van der Waals surface area contributed by atoms with Gasteiger partial charge >= 0.3 is 0 Å². The van der Waals surface area contributed by atoms with Crippen molar-refractivity contribution in [3.63, 3.8) is 0 Å². The highest BCUT2D eigenvalue weighted by Crippen LogP contribution is 2.35. The highest BCUT2D eigenvalue weighted by molar-refractivity contribution is 7.22. The Bertz CT molecular complexity index is 887. The molecule has 0 radical (unpaired) electrons. The van der Waals surface area contributed by atoms with Crippen molar-refractivity contribution < 1.29 is 4.84 Å². The molecule has 4 nitrogen and oxygen atoms in total. The van der Waals surface area contributed by atoms with E-state index in [9.17, 15) is 0 Å². The van der Waals surface area contributed by atoms with Crippen molar-refractivity contribution in [2.75, 3.05) is 13.7 Å². The van der Waals surface area contributed by atoms with Gasteiger partial charge in [-0.05, 0) is 41.6 Å². The molecule has 1 aliphatic rings. The summed E-state index contributed by atoms with van der Waals surface area (Å²) in [6, 6.07) is 19.2. The summed E-state index contributed by atoms with van der Waals surface area (Å²) in [5.74, 6) is 0.274. The maximum absolute atomic E-state index is 7.98. The number of fused-ring (bicyclic) bond motifs is 1. The van der Waals surface area contributed by atoms with Gasteiger partial charge in [0.2, 0.25) is 5.96 Å². The van der Waals surface area contributed by atoms with E-state index in [0.29, 0.717) is 6.61 Å². The Hall–Kier alpha value is -2.37. The summed E-state index contributed by atoms with van der Waals surface area (Å²) in [7, 11) is 1.74. The third-order valence-electron chi connectivity index (χ3n) is 4.47. The average molecular weight is 337 g/mol. The highest BCUT2D eigenvalue weighted by atomic mass is 32.1. The molecule has 1 aliphatic heterocycles. The maximum atomic E-state index is 7.98. The van der Waals surface area contributed by atoms with Gasteiger partial charge in [0.1, 0.15) is 6.61 Å². The summed E-state index contributed by atoms with van der Waals surface area (Å²) >= 11 is 1.80. The van der Waals surface area contributed by atoms with E-state index < -0.39 is 5.54 Å². The zero-order valence-electron chi connectivity index (χ0n) is 13.7. The number of benzene rings is 2. The Morgan fingerprint density at radius 3 is 2.79 bits per heavy atom. The Morgan fingerprint density at radius 1 is 1.17 bits per heavy atom. The van der Waals surface area contributed by atoms with Gasteiger partial charge in [0.15, 0.2) is 0 Å². The molecule has 24 heavy (non-hydrogen) atoms. The molecular weight excluding hydrogens is 318 g/mol. The van der Waals surface area contributed by atoms with Crippen molar-refractivity contribution in [2.45, 2.75) is 12.5 Å². The normalized spacial score (nSPS) is 21.1. The van der Waals surface area contributed by atoms with Crippen molar-refractivity contribution in [1.29, 1.82) is 5.41 Å². The van der Waals surface area contributed by atoms with Crippen molar-refractivity contribution in [2.24, 2.45) is 0 Å². The molecule has 5 heteroatoms. The molecule has 0 saturated carbocycles. The van der Waals surface area contributed by atoms with Crippen molar-refractivity contribution in [3.8, 4) is 10.4 Å². The minimum Gasteiger partial charge on any atom is -0.343 e. The number of hydrogen-bond donors (Lipinski definition) is 2. The van der Waals surface area contributed by atoms with Crippen LogP contribution in [0.15, 0.2) is 54.6 Å². The van der Waals surface area contributed by atoms with E-state index in [4.69, 9.17) is 10.2 Å². The summed E-state index contributed by atoms with van der Waals surface area (Å²) in [6.45, 7) is 2.56. The van der Waals surface area contributed by atoms with Gasteiger partial charge in [-0.2, -0.15) is 0 Å². The topological polar surface area (TPSA) is 48.4 Å². The van der Waals surface area contributed by atoms with Gasteiger partial charge in [-0.15, -0.1) is 11.3 Å². The molecule has 0 bridgehead atoms. The predicted molar refractivity (Wildman–Crippen MR) is 99.2 cm³/mol. The third-order valence-corrected chi connectivity index (χ3v) is 5.63. The SMILES string of the molecule is CN1OCC(C)(c2cccc(-c3cc4ccccc4s3)c2)NC1=N. The summed E-state index contributed by atoms with van der Waals surface area (Å²) in [5, 5.41) is 14.0. The number of thiophene rings is 1. The summed E-state index contributed by atoms with van der Waals surface area (Å²) in [6.07, 6.45) is 0. The zero-order chi connectivity index (χ0) is 16.7. The number of nitrogens with one attached hydrogen (secondary N) is 2. The lowest BCUT2D eigenvalue weighted by Crippen LogP contribution is -2.57. The van der Waals surface area contributed by atoms with Gasteiger partial charge < -0.3 is 5.32 Å². The Kier molecular flexibility index (Phi) is 3.55. The number of nitrogens with zero attached hydrogens (tertiary/aromatic N) is 1. The molecule has 0 amide bonds. The predicted octanol–water partition coefficient (Wildman–Crippen LogP) is 4.18. The molecule has 4 rings (SSSR count). The van der Waals surface area contributed by atoms with E-state index in [0.717, 1.165) is 5.56 Å². The summed E-state index contributed by atoms with van der Waals surface area (Å²) in [5.41, 5.74) is 1.91. The monoisotopic (exact) mass is 337 g/mol.